The minimum absolute atomic E-state index is 0. The molecule has 0 aromatic carbocycles. The van der Waals surface area contributed by atoms with E-state index in [1.807, 2.05) is 18.5 Å². The minimum atomic E-state index is -0.142. The number of hydrogen-bond acceptors (Lipinski definition) is 5. The number of nitrogens with one attached hydrogen (secondary N) is 2. The maximum Gasteiger partial charge on any atom is 0.276 e. The molecule has 2 fully saturated rings. The van der Waals surface area contributed by atoms with Gasteiger partial charge in [-0.25, -0.2) is 4.68 Å². The lowest BCUT2D eigenvalue weighted by Crippen LogP contribution is -2.47. The number of likely N-dealkylation sites (tertiary alicyclic amines) is 1. The summed E-state index contributed by atoms with van der Waals surface area (Å²) in [5.74, 6) is -0.179. The van der Waals surface area contributed by atoms with Crippen LogP contribution in [-0.4, -0.2) is 63.9 Å². The SMILES string of the molecule is CCCC(C)NC(=O)C1CCCN(C(=O)c2nnn(C3CCNCC3)c2C)C1.Cl. The largest absolute Gasteiger partial charge is 0.353 e. The fraction of sp³-hybridized carbons (Fsp3) is 0.800. The van der Waals surface area contributed by atoms with Crippen LogP contribution in [0.2, 0.25) is 0 Å². The Hall–Kier alpha value is -1.67. The number of hydrogen-bond donors (Lipinski definition) is 2. The van der Waals surface area contributed by atoms with Crippen molar-refractivity contribution in [3.8, 4) is 0 Å². The molecule has 2 saturated heterocycles. The molecule has 1 aromatic heterocycles. The summed E-state index contributed by atoms with van der Waals surface area (Å²) in [7, 11) is 0. The summed E-state index contributed by atoms with van der Waals surface area (Å²) in [5.41, 5.74) is 1.26. The van der Waals surface area contributed by atoms with Gasteiger partial charge in [0.2, 0.25) is 5.91 Å². The lowest BCUT2D eigenvalue weighted by molar-refractivity contribution is -0.127. The second kappa shape index (κ2) is 10.9. The molecule has 8 nitrogen and oxygen atoms in total. The van der Waals surface area contributed by atoms with Gasteiger partial charge in [-0.1, -0.05) is 18.6 Å². The molecule has 2 aliphatic heterocycles. The van der Waals surface area contributed by atoms with Gasteiger partial charge in [0.05, 0.1) is 17.7 Å². The fourth-order valence-corrected chi connectivity index (χ4v) is 4.33. The van der Waals surface area contributed by atoms with Crippen LogP contribution in [0.3, 0.4) is 0 Å². The van der Waals surface area contributed by atoms with Crippen molar-refractivity contribution in [2.75, 3.05) is 26.2 Å². The van der Waals surface area contributed by atoms with Gasteiger partial charge in [-0.05, 0) is 59.0 Å². The molecule has 3 heterocycles. The van der Waals surface area contributed by atoms with Crippen LogP contribution in [0, 0.1) is 12.8 Å². The molecule has 2 atom stereocenters. The van der Waals surface area contributed by atoms with E-state index in [-0.39, 0.29) is 36.2 Å². The van der Waals surface area contributed by atoms with Crippen molar-refractivity contribution in [2.45, 2.75) is 71.4 Å². The first-order chi connectivity index (χ1) is 13.5. The number of carbonyl (C=O) groups is 2. The Morgan fingerprint density at radius 3 is 2.69 bits per heavy atom. The van der Waals surface area contributed by atoms with E-state index in [9.17, 15) is 9.59 Å². The summed E-state index contributed by atoms with van der Waals surface area (Å²) in [5, 5.41) is 14.9. The summed E-state index contributed by atoms with van der Waals surface area (Å²) in [6.07, 6.45) is 5.69. The van der Waals surface area contributed by atoms with Crippen LogP contribution in [0.15, 0.2) is 0 Å². The predicted molar refractivity (Wildman–Crippen MR) is 114 cm³/mol. The van der Waals surface area contributed by atoms with Crippen molar-refractivity contribution in [3.63, 3.8) is 0 Å². The zero-order valence-electron chi connectivity index (χ0n) is 17.8. The molecule has 164 valence electrons. The lowest BCUT2D eigenvalue weighted by atomic mass is 9.96. The summed E-state index contributed by atoms with van der Waals surface area (Å²) >= 11 is 0. The fourth-order valence-electron chi connectivity index (χ4n) is 4.33. The van der Waals surface area contributed by atoms with Gasteiger partial charge in [-0.15, -0.1) is 17.5 Å². The first kappa shape index (κ1) is 23.6. The molecule has 0 saturated carbocycles. The number of nitrogens with zero attached hydrogens (tertiary/aromatic N) is 4. The quantitative estimate of drug-likeness (QED) is 0.726. The van der Waals surface area contributed by atoms with Crippen LogP contribution in [0.5, 0.6) is 0 Å². The van der Waals surface area contributed by atoms with E-state index < -0.39 is 0 Å². The highest BCUT2D eigenvalue weighted by Gasteiger charge is 2.32. The number of aromatic nitrogens is 3. The van der Waals surface area contributed by atoms with Gasteiger partial charge in [0.15, 0.2) is 5.69 Å². The van der Waals surface area contributed by atoms with E-state index in [1.165, 1.54) is 0 Å². The van der Waals surface area contributed by atoms with Crippen LogP contribution in [0.1, 0.15) is 74.6 Å². The smallest absolute Gasteiger partial charge is 0.276 e. The normalized spacial score (nSPS) is 21.3. The first-order valence-electron chi connectivity index (χ1n) is 10.7. The van der Waals surface area contributed by atoms with Crippen molar-refractivity contribution in [2.24, 2.45) is 5.92 Å². The number of amides is 2. The van der Waals surface area contributed by atoms with Gasteiger partial charge in [0.25, 0.3) is 5.91 Å². The number of piperidine rings is 2. The Morgan fingerprint density at radius 1 is 1.28 bits per heavy atom. The predicted octanol–water partition coefficient (Wildman–Crippen LogP) is 2.09. The Kier molecular flexibility index (Phi) is 8.89. The van der Waals surface area contributed by atoms with E-state index in [0.717, 1.165) is 57.3 Å². The van der Waals surface area contributed by atoms with Gasteiger partial charge in [0, 0.05) is 19.1 Å². The highest BCUT2D eigenvalue weighted by molar-refractivity contribution is 5.93. The van der Waals surface area contributed by atoms with E-state index >= 15 is 0 Å². The van der Waals surface area contributed by atoms with Crippen LogP contribution in [0.4, 0.5) is 0 Å². The summed E-state index contributed by atoms with van der Waals surface area (Å²) in [4.78, 5) is 27.4. The molecule has 0 radical (unpaired) electrons. The molecular weight excluding hydrogens is 392 g/mol. The Morgan fingerprint density at radius 2 is 2.00 bits per heavy atom. The topological polar surface area (TPSA) is 92.2 Å². The van der Waals surface area contributed by atoms with Crippen molar-refractivity contribution in [3.05, 3.63) is 11.4 Å². The third-order valence-electron chi connectivity index (χ3n) is 5.97. The monoisotopic (exact) mass is 426 g/mol. The Balaban J connectivity index is 0.00000300. The Labute approximate surface area is 179 Å². The average Bonchev–Trinajstić information content (AvgIpc) is 3.09. The van der Waals surface area contributed by atoms with Gasteiger partial charge in [0.1, 0.15) is 0 Å². The lowest BCUT2D eigenvalue weighted by Gasteiger charge is -2.32. The van der Waals surface area contributed by atoms with Crippen LogP contribution in [0.25, 0.3) is 0 Å². The molecule has 0 spiro atoms. The van der Waals surface area contributed by atoms with Crippen molar-refractivity contribution in [1.29, 1.82) is 0 Å². The molecule has 3 rings (SSSR count). The highest BCUT2D eigenvalue weighted by Crippen LogP contribution is 2.23. The molecule has 29 heavy (non-hydrogen) atoms. The summed E-state index contributed by atoms with van der Waals surface area (Å²) in [6, 6.07) is 0.478. The second-order valence-corrected chi connectivity index (χ2v) is 8.24. The molecule has 1 aromatic rings. The van der Waals surface area contributed by atoms with Gasteiger partial charge in [-0.2, -0.15) is 0 Å². The number of halogens is 1. The van der Waals surface area contributed by atoms with Crippen LogP contribution >= 0.6 is 12.4 Å². The van der Waals surface area contributed by atoms with Gasteiger partial charge < -0.3 is 15.5 Å². The van der Waals surface area contributed by atoms with Crippen LogP contribution in [-0.2, 0) is 4.79 Å². The first-order valence-corrected chi connectivity index (χ1v) is 10.7. The standard InChI is InChI=1S/C20H34N6O2.ClH/c1-4-6-14(2)22-19(27)16-7-5-12-25(13-16)20(28)18-15(3)26(24-23-18)17-8-10-21-11-9-17;/h14,16-17,21H,4-13H2,1-3H3,(H,22,27);1H. The third-order valence-corrected chi connectivity index (χ3v) is 5.97. The van der Waals surface area contributed by atoms with Crippen molar-refractivity contribution < 1.29 is 9.59 Å². The van der Waals surface area contributed by atoms with Gasteiger partial charge in [-0.3, -0.25) is 9.59 Å². The molecular formula is C20H35ClN6O2. The van der Waals surface area contributed by atoms with E-state index in [2.05, 4.69) is 27.9 Å². The highest BCUT2D eigenvalue weighted by atomic mass is 35.5. The summed E-state index contributed by atoms with van der Waals surface area (Å²) < 4.78 is 1.91. The minimum Gasteiger partial charge on any atom is -0.353 e. The van der Waals surface area contributed by atoms with E-state index in [4.69, 9.17) is 0 Å². The maximum absolute atomic E-state index is 13.1. The molecule has 0 bridgehead atoms. The molecule has 2 aliphatic rings. The number of carbonyl (C=O) groups excluding carboxylic acids is 2. The third kappa shape index (κ3) is 5.69. The summed E-state index contributed by atoms with van der Waals surface area (Å²) in [6.45, 7) is 9.14. The molecule has 2 unspecified atom stereocenters. The average molecular weight is 427 g/mol. The molecule has 2 N–H and O–H groups in total. The maximum atomic E-state index is 13.1. The zero-order valence-corrected chi connectivity index (χ0v) is 18.6. The van der Waals surface area contributed by atoms with Crippen molar-refractivity contribution in [1.82, 2.24) is 30.5 Å². The Bertz CT molecular complexity index is 689. The molecule has 0 aliphatic carbocycles. The molecule has 9 heteroatoms. The second-order valence-electron chi connectivity index (χ2n) is 8.24. The van der Waals surface area contributed by atoms with Gasteiger partial charge >= 0.3 is 0 Å². The zero-order chi connectivity index (χ0) is 20.1. The van der Waals surface area contributed by atoms with E-state index in [0.29, 0.717) is 24.8 Å². The number of rotatable bonds is 6. The van der Waals surface area contributed by atoms with Crippen LogP contribution < -0.4 is 10.6 Å². The van der Waals surface area contributed by atoms with Crippen molar-refractivity contribution >= 4 is 24.2 Å². The van der Waals surface area contributed by atoms with E-state index in [1.54, 1.807) is 4.90 Å². The molecule has 2 amide bonds.